The molecule has 1 fully saturated rings. The predicted octanol–water partition coefficient (Wildman–Crippen LogP) is 29.0. The number of hydrogen-bond donors (Lipinski definition) is 3. The fourth-order valence-electron chi connectivity index (χ4n) is 14.8. The Hall–Kier alpha value is -12.2. The minimum atomic E-state index is -0.557. The molecule has 1 aliphatic rings. The van der Waals surface area contributed by atoms with Gasteiger partial charge in [-0.1, -0.05) is 278 Å². The highest BCUT2D eigenvalue weighted by Crippen LogP contribution is 2.45. The normalized spacial score (nSPS) is 12.6. The number of H-pyrrole nitrogens is 3. The van der Waals surface area contributed by atoms with E-state index in [0.717, 1.165) is 97.0 Å². The first-order valence-corrected chi connectivity index (χ1v) is 40.6. The van der Waals surface area contributed by atoms with E-state index in [1.165, 1.54) is 74.0 Å². The molecule has 15 nitrogen and oxygen atoms in total. The minimum absolute atomic E-state index is 0.0322. The van der Waals surface area contributed by atoms with Gasteiger partial charge in [0.1, 0.15) is 5.02 Å². The summed E-state index contributed by atoms with van der Waals surface area (Å²) in [4.78, 5) is 42.4. The zero-order chi connectivity index (χ0) is 82.5. The van der Waals surface area contributed by atoms with Crippen LogP contribution in [0, 0.1) is 30.3 Å². The number of halogens is 6. The monoisotopic (exact) mass is 1760 g/mol. The maximum atomic E-state index is 11.9. The highest BCUT2D eigenvalue weighted by molar-refractivity contribution is 9.11. The number of benzene rings is 15. The Morgan fingerprint density at radius 3 is 1.26 bits per heavy atom. The van der Waals surface area contributed by atoms with E-state index in [1.807, 2.05) is 121 Å². The Morgan fingerprint density at radius 1 is 0.339 bits per heavy atom. The van der Waals surface area contributed by atoms with Crippen LogP contribution in [0.2, 0.25) is 20.1 Å². The van der Waals surface area contributed by atoms with Crippen molar-refractivity contribution in [1.82, 2.24) is 19.5 Å². The largest absolute Gasteiger partial charge is 0.495 e. The van der Waals surface area contributed by atoms with Gasteiger partial charge in [0, 0.05) is 124 Å². The molecule has 4 aromatic heterocycles. The van der Waals surface area contributed by atoms with E-state index >= 15 is 0 Å². The van der Waals surface area contributed by atoms with E-state index in [-0.39, 0.29) is 50.3 Å². The van der Waals surface area contributed by atoms with Crippen LogP contribution >= 0.6 is 78.3 Å². The molecular formula is C96H70BBr2Cl4N7O8. The molecular weight excluding hydrogens is 1690 g/mol. The van der Waals surface area contributed by atoms with Gasteiger partial charge >= 0.3 is 7.12 Å². The standard InChI is InChI=1S/C30H19ClN2O2.C18H20BNO2.C18H11ClN2O2.C12H8BrN.C12H9Br.C6H3Cl2NO2/c31-22-16-17-28(33(34)35)26(19-22)24-13-7-15-29-30(24)25-12-4-5-14-27(25)32(29)23-11-6-10-21(18-23)20-8-2-1-3-9-20;1-17(2)18(3,4)22-19(21-17)13-9-7-11-15-16(13)12-8-5-6-10-14(12)20-15;19-11-8-9-17(21(22)23)14(10-11)12-5-3-7-16-18(12)13-4-1-2-6-15(13)20-16;13-9-5-3-7-11-12(9)8-4-1-2-6-10(8)14-11;13-12-8-4-7-11(9-12)10-5-2-1-3-6-10;7-4-1-2-6(9(10)11)5(8)3-4/h1-19H;5-11,20H,1-4H3;1-10,20H;1-7,14H;1-9H;1-3H. The Balaban J connectivity index is 0.000000116. The molecule has 19 aromatic rings. The number of aromatic amines is 3. The molecule has 0 unspecified atom stereocenters. The number of rotatable bonds is 9. The highest BCUT2D eigenvalue weighted by Gasteiger charge is 2.52. The van der Waals surface area contributed by atoms with Crippen LogP contribution in [0.3, 0.4) is 0 Å². The summed E-state index contributed by atoms with van der Waals surface area (Å²) in [7, 11) is -0.340. The first-order valence-electron chi connectivity index (χ1n) is 37.5. The molecule has 22 heteroatoms. The smallest absolute Gasteiger partial charge is 0.399 e. The SMILES string of the molecule is Brc1cccc(-c2ccccc2)c1.Brc1cccc2[nH]c3ccccc3c12.CC1(C)OB(c2cccc3[nH]c4ccccc4c23)OC1(C)C.O=[N+]([O-])c1ccc(Cl)cc1-c1cccc2[nH]c3ccccc3c12.O=[N+]([O-])c1ccc(Cl)cc1-c1cccc2c1c1ccccc1n2-c1cccc(-c2ccccc2)c1.O=[N+]([O-])c1ccc(Cl)cc1Cl. The summed E-state index contributed by atoms with van der Waals surface area (Å²) in [6.07, 6.45) is 0. The molecule has 1 saturated heterocycles. The lowest BCUT2D eigenvalue weighted by Gasteiger charge is -2.32. The van der Waals surface area contributed by atoms with Crippen LogP contribution in [-0.4, -0.2) is 52.6 Å². The third-order valence-electron chi connectivity index (χ3n) is 20.9. The van der Waals surface area contributed by atoms with Gasteiger partial charge in [-0.2, -0.15) is 0 Å². The van der Waals surface area contributed by atoms with Crippen LogP contribution in [0.5, 0.6) is 0 Å². The fourth-order valence-corrected chi connectivity index (χ4v) is 16.6. The second-order valence-electron chi connectivity index (χ2n) is 28.8. The van der Waals surface area contributed by atoms with E-state index in [2.05, 4.69) is 237 Å². The van der Waals surface area contributed by atoms with E-state index in [1.54, 1.807) is 24.3 Å². The number of nitro benzene ring substituents is 3. The van der Waals surface area contributed by atoms with Crippen molar-refractivity contribution in [1.29, 1.82) is 0 Å². The lowest BCUT2D eigenvalue weighted by atomic mass is 9.76. The summed E-state index contributed by atoms with van der Waals surface area (Å²) in [6, 6.07) is 108. The number of nitro groups is 3. The second kappa shape index (κ2) is 34.9. The summed E-state index contributed by atoms with van der Waals surface area (Å²) in [5.74, 6) is 0. The molecule has 582 valence electrons. The number of fused-ring (bicyclic) bond motifs is 12. The Bertz CT molecular complexity index is 7000. The maximum absolute atomic E-state index is 11.9. The lowest BCUT2D eigenvalue weighted by molar-refractivity contribution is -0.384. The number of nitrogens with zero attached hydrogens (tertiary/aromatic N) is 4. The van der Waals surface area contributed by atoms with Crippen LogP contribution in [-0.2, 0) is 9.31 Å². The highest BCUT2D eigenvalue weighted by atomic mass is 79.9. The van der Waals surface area contributed by atoms with Crippen molar-refractivity contribution in [3.63, 3.8) is 0 Å². The van der Waals surface area contributed by atoms with E-state index in [4.69, 9.17) is 55.7 Å². The third-order valence-corrected chi connectivity index (χ3v) is 23.1. The maximum Gasteiger partial charge on any atom is 0.495 e. The van der Waals surface area contributed by atoms with Crippen molar-refractivity contribution in [2.24, 2.45) is 0 Å². The molecule has 3 N–H and O–H groups in total. The van der Waals surface area contributed by atoms with Gasteiger partial charge in [-0.25, -0.2) is 0 Å². The quantitative estimate of drug-likeness (QED) is 0.0720. The van der Waals surface area contributed by atoms with Crippen molar-refractivity contribution < 1.29 is 24.1 Å². The Kier molecular flexibility index (Phi) is 24.0. The van der Waals surface area contributed by atoms with Gasteiger partial charge in [0.25, 0.3) is 17.1 Å². The average Bonchev–Trinajstić information content (AvgIpc) is 1.58. The van der Waals surface area contributed by atoms with Gasteiger partial charge in [-0.15, -0.1) is 0 Å². The number of para-hydroxylation sites is 4. The van der Waals surface area contributed by atoms with Crippen molar-refractivity contribution >= 4 is 195 Å². The summed E-state index contributed by atoms with van der Waals surface area (Å²) in [5.41, 5.74) is 17.4. The second-order valence-corrected chi connectivity index (χ2v) is 32.3. The Morgan fingerprint density at radius 2 is 0.729 bits per heavy atom. The van der Waals surface area contributed by atoms with Crippen LogP contribution in [0.25, 0.3) is 137 Å². The molecule has 0 aliphatic carbocycles. The molecule has 0 amide bonds. The number of nitrogens with one attached hydrogen (secondary N) is 3. The number of hydrogen-bond acceptors (Lipinski definition) is 8. The van der Waals surface area contributed by atoms with Crippen molar-refractivity contribution in [2.75, 3.05) is 0 Å². The Labute approximate surface area is 715 Å². The molecule has 0 atom stereocenters. The average molecular weight is 1760 g/mol. The predicted molar refractivity (Wildman–Crippen MR) is 494 cm³/mol. The first-order chi connectivity index (χ1) is 57.0. The van der Waals surface area contributed by atoms with Crippen molar-refractivity contribution in [3.8, 4) is 50.2 Å². The molecule has 15 aromatic carbocycles. The summed E-state index contributed by atoms with van der Waals surface area (Å²) in [6.45, 7) is 8.34. The topological polar surface area (TPSA) is 200 Å². The van der Waals surface area contributed by atoms with Gasteiger partial charge in [0.05, 0.1) is 48.1 Å². The first kappa shape index (κ1) is 81.0. The van der Waals surface area contributed by atoms with Gasteiger partial charge in [-0.3, -0.25) is 30.3 Å². The van der Waals surface area contributed by atoms with Crippen molar-refractivity contribution in [3.05, 3.63) is 393 Å². The fraction of sp³-hybridized carbons (Fsp3) is 0.0625. The molecule has 5 heterocycles. The summed E-state index contributed by atoms with van der Waals surface area (Å²) < 4.78 is 17.0. The third kappa shape index (κ3) is 17.0. The molecule has 0 radical (unpaired) electrons. The molecule has 0 saturated carbocycles. The van der Waals surface area contributed by atoms with Gasteiger partial charge in [0.15, 0.2) is 0 Å². The number of aromatic nitrogens is 4. The van der Waals surface area contributed by atoms with Crippen LogP contribution in [0.15, 0.2) is 343 Å². The summed E-state index contributed by atoms with van der Waals surface area (Å²) >= 11 is 30.4. The van der Waals surface area contributed by atoms with E-state index in [9.17, 15) is 30.3 Å². The van der Waals surface area contributed by atoms with Gasteiger partial charge < -0.3 is 28.8 Å². The van der Waals surface area contributed by atoms with E-state index < -0.39 is 4.92 Å². The molecule has 1 aliphatic heterocycles. The van der Waals surface area contributed by atoms with E-state index in [0.29, 0.717) is 26.2 Å². The van der Waals surface area contributed by atoms with Crippen LogP contribution in [0.4, 0.5) is 17.1 Å². The van der Waals surface area contributed by atoms with Crippen LogP contribution in [0.1, 0.15) is 27.7 Å². The lowest BCUT2D eigenvalue weighted by Crippen LogP contribution is -2.41. The molecule has 20 rings (SSSR count). The zero-order valence-electron chi connectivity index (χ0n) is 63.7. The van der Waals surface area contributed by atoms with Crippen molar-refractivity contribution in [2.45, 2.75) is 38.9 Å². The van der Waals surface area contributed by atoms with Gasteiger partial charge in [-0.05, 0) is 182 Å². The molecule has 0 spiro atoms. The minimum Gasteiger partial charge on any atom is -0.399 e. The zero-order valence-corrected chi connectivity index (χ0v) is 69.8. The molecule has 118 heavy (non-hydrogen) atoms. The van der Waals surface area contributed by atoms with Crippen LogP contribution < -0.4 is 5.46 Å². The summed E-state index contributed by atoms with van der Waals surface area (Å²) in [5, 5.41) is 43.8. The van der Waals surface area contributed by atoms with Gasteiger partial charge in [0.2, 0.25) is 0 Å². The molecule has 0 bridgehead atoms.